The molecule has 0 unspecified atom stereocenters. The lowest BCUT2D eigenvalue weighted by molar-refractivity contribution is -0.137. The summed E-state index contributed by atoms with van der Waals surface area (Å²) in [4.78, 5) is 15.5. The van der Waals surface area contributed by atoms with Crippen LogP contribution >= 0.6 is 11.6 Å². The summed E-state index contributed by atoms with van der Waals surface area (Å²) in [5.41, 5.74) is 1.92. The number of fused-ring (bicyclic) bond motifs is 1. The summed E-state index contributed by atoms with van der Waals surface area (Å²) in [5.74, 6) is -0.525. The third-order valence-corrected chi connectivity index (χ3v) is 4.14. The van der Waals surface area contributed by atoms with Crippen LogP contribution in [0.15, 0.2) is 42.6 Å². The molecule has 0 spiro atoms. The third-order valence-electron chi connectivity index (χ3n) is 3.86. The van der Waals surface area contributed by atoms with Crippen molar-refractivity contribution in [3.05, 3.63) is 64.4 Å². The average molecular weight is 399 g/mol. The fourth-order valence-electron chi connectivity index (χ4n) is 2.61. The van der Waals surface area contributed by atoms with Gasteiger partial charge in [0.05, 0.1) is 22.8 Å². The largest absolute Gasteiger partial charge is 0.417 e. The summed E-state index contributed by atoms with van der Waals surface area (Å²) < 4.78 is 40.8. The number of pyridine rings is 1. The van der Waals surface area contributed by atoms with E-state index in [4.69, 9.17) is 16.8 Å². The lowest BCUT2D eigenvalue weighted by Gasteiger charge is -2.10. The number of carbonyl (C=O) groups is 1. The fraction of sp³-hybridized carbons (Fsp3) is 0.176. The molecular weight excluding hydrogens is 385 g/mol. The van der Waals surface area contributed by atoms with Crippen molar-refractivity contribution >= 4 is 29.0 Å². The highest BCUT2D eigenvalue weighted by molar-refractivity contribution is 6.33. The van der Waals surface area contributed by atoms with Crippen molar-refractivity contribution in [1.82, 2.24) is 14.9 Å². The van der Waals surface area contributed by atoms with Gasteiger partial charge >= 0.3 is 6.18 Å². The van der Waals surface area contributed by atoms with Crippen molar-refractivity contribution < 1.29 is 23.2 Å². The van der Waals surface area contributed by atoms with Gasteiger partial charge in [-0.25, -0.2) is 10.5 Å². The van der Waals surface area contributed by atoms with Crippen LogP contribution in [0.25, 0.3) is 5.65 Å². The topological polar surface area (TPSA) is 78.7 Å². The molecule has 0 saturated heterocycles. The summed E-state index contributed by atoms with van der Waals surface area (Å²) in [5, 5.41) is 11.2. The Morgan fingerprint density at radius 2 is 1.96 bits per heavy atom. The van der Waals surface area contributed by atoms with Gasteiger partial charge in [-0.05, 0) is 11.6 Å². The average Bonchev–Trinajstić information content (AvgIpc) is 2.98. The van der Waals surface area contributed by atoms with Crippen LogP contribution < -0.4 is 10.8 Å². The van der Waals surface area contributed by atoms with Crippen molar-refractivity contribution in [2.75, 3.05) is 11.9 Å². The zero-order valence-corrected chi connectivity index (χ0v) is 14.5. The molecule has 0 fully saturated rings. The van der Waals surface area contributed by atoms with Gasteiger partial charge in [-0.15, -0.1) is 0 Å². The van der Waals surface area contributed by atoms with Crippen molar-refractivity contribution in [3.8, 4) is 0 Å². The summed E-state index contributed by atoms with van der Waals surface area (Å²) in [6, 6.07) is 9.87. The molecule has 0 saturated carbocycles. The van der Waals surface area contributed by atoms with E-state index in [2.05, 4.69) is 10.3 Å². The Balaban J connectivity index is 2.13. The minimum Gasteiger partial charge on any atom is -0.359 e. The number of alkyl halides is 3. The van der Waals surface area contributed by atoms with E-state index in [-0.39, 0.29) is 29.5 Å². The number of hydrogen-bond acceptors (Lipinski definition) is 4. The first-order chi connectivity index (χ1) is 12.8. The molecule has 27 heavy (non-hydrogen) atoms. The van der Waals surface area contributed by atoms with Crippen molar-refractivity contribution in [1.29, 1.82) is 0 Å². The molecule has 0 radical (unpaired) electrons. The van der Waals surface area contributed by atoms with E-state index in [9.17, 15) is 18.0 Å². The Morgan fingerprint density at radius 1 is 1.26 bits per heavy atom. The van der Waals surface area contributed by atoms with E-state index < -0.39 is 17.6 Å². The Bertz CT molecular complexity index is 974. The van der Waals surface area contributed by atoms with E-state index in [0.717, 1.165) is 17.8 Å². The first-order valence-corrected chi connectivity index (χ1v) is 8.16. The number of nitrogens with one attached hydrogen (secondary N) is 2. The Kier molecular flexibility index (Phi) is 5.24. The molecule has 0 atom stereocenters. The lowest BCUT2D eigenvalue weighted by Crippen LogP contribution is -2.27. The quantitative estimate of drug-likeness (QED) is 0.454. The molecule has 10 heteroatoms. The molecule has 3 aromatic rings. The molecule has 6 nitrogen and oxygen atoms in total. The number of imidazole rings is 1. The van der Waals surface area contributed by atoms with Crippen LogP contribution in [0.5, 0.6) is 0 Å². The number of benzene rings is 1. The molecule has 1 aromatic carbocycles. The van der Waals surface area contributed by atoms with E-state index in [1.165, 1.54) is 9.88 Å². The summed E-state index contributed by atoms with van der Waals surface area (Å²) in [7, 11) is 0. The molecule has 1 amide bonds. The van der Waals surface area contributed by atoms with E-state index in [1.54, 1.807) is 12.1 Å². The number of nitrogens with zero attached hydrogens (tertiary/aromatic N) is 2. The lowest BCUT2D eigenvalue weighted by atomic mass is 10.1. The zero-order valence-electron chi connectivity index (χ0n) is 13.7. The van der Waals surface area contributed by atoms with Crippen molar-refractivity contribution in [2.24, 2.45) is 0 Å². The van der Waals surface area contributed by atoms with Crippen molar-refractivity contribution in [2.45, 2.75) is 12.6 Å². The van der Waals surface area contributed by atoms with E-state index in [0.29, 0.717) is 5.69 Å². The summed E-state index contributed by atoms with van der Waals surface area (Å²) in [6.07, 6.45) is -3.40. The Labute approximate surface area is 156 Å². The minimum atomic E-state index is -4.57. The molecule has 142 valence electrons. The molecule has 0 aliphatic heterocycles. The number of amides is 1. The van der Waals surface area contributed by atoms with Crippen LogP contribution in [0.2, 0.25) is 5.02 Å². The van der Waals surface area contributed by atoms with Gasteiger partial charge in [0, 0.05) is 12.6 Å². The second-order valence-electron chi connectivity index (χ2n) is 5.73. The predicted octanol–water partition coefficient (Wildman–Crippen LogP) is 3.51. The number of aromatic nitrogens is 2. The smallest absolute Gasteiger partial charge is 0.359 e. The third kappa shape index (κ3) is 4.15. The maximum Gasteiger partial charge on any atom is 0.417 e. The second kappa shape index (κ2) is 7.45. The molecule has 2 heterocycles. The van der Waals surface area contributed by atoms with Crippen molar-refractivity contribution in [3.63, 3.8) is 0 Å². The van der Waals surface area contributed by atoms with Gasteiger partial charge in [0.2, 0.25) is 0 Å². The van der Waals surface area contributed by atoms with Crippen LogP contribution in [0.1, 0.15) is 16.8 Å². The maximum absolute atomic E-state index is 13.2. The molecule has 2 aromatic heterocycles. The fourth-order valence-corrected chi connectivity index (χ4v) is 2.86. The van der Waals surface area contributed by atoms with Gasteiger partial charge in [0.1, 0.15) is 5.82 Å². The van der Waals surface area contributed by atoms with Gasteiger partial charge in [-0.2, -0.15) is 13.2 Å². The number of halogens is 4. The van der Waals surface area contributed by atoms with Crippen LogP contribution in [-0.4, -0.2) is 27.0 Å². The number of rotatable bonds is 5. The number of hydroxylamine groups is 1. The molecule has 3 N–H and O–H groups in total. The highest BCUT2D eigenvalue weighted by Gasteiger charge is 2.32. The molecule has 0 bridgehead atoms. The molecule has 0 aliphatic rings. The number of anilines is 1. The standard InChI is InChI=1S/C17H14ClF3N4O2/c18-12-7-11(17(19,20)21)9-25-13(6-10-4-2-1-3-5-10)15(23-16(12)25)22-8-14(26)24-27/h1-5,7,9,22,27H,6,8H2,(H,24,26). The summed E-state index contributed by atoms with van der Waals surface area (Å²) >= 11 is 6.02. The van der Waals surface area contributed by atoms with Crippen LogP contribution in [0.4, 0.5) is 19.0 Å². The highest BCUT2D eigenvalue weighted by atomic mass is 35.5. The van der Waals surface area contributed by atoms with Gasteiger partial charge in [0.25, 0.3) is 5.91 Å². The SMILES string of the molecule is O=C(CNc1nc2c(Cl)cc(C(F)(F)F)cn2c1Cc1ccccc1)NO. The van der Waals surface area contributed by atoms with Gasteiger partial charge in [0.15, 0.2) is 5.65 Å². The normalized spacial score (nSPS) is 11.6. The Morgan fingerprint density at radius 3 is 2.59 bits per heavy atom. The van der Waals surface area contributed by atoms with Gasteiger partial charge < -0.3 is 5.32 Å². The highest BCUT2D eigenvalue weighted by Crippen LogP contribution is 2.34. The molecular formula is C17H14ClF3N4O2. The maximum atomic E-state index is 13.2. The Hall–Kier alpha value is -2.78. The number of carbonyl (C=O) groups excluding carboxylic acids is 1. The van der Waals surface area contributed by atoms with Crippen LogP contribution in [-0.2, 0) is 17.4 Å². The van der Waals surface area contributed by atoms with E-state index >= 15 is 0 Å². The van der Waals surface area contributed by atoms with Gasteiger partial charge in [-0.3, -0.25) is 14.4 Å². The predicted molar refractivity (Wildman–Crippen MR) is 92.9 cm³/mol. The van der Waals surface area contributed by atoms with E-state index in [1.807, 2.05) is 18.2 Å². The van der Waals surface area contributed by atoms with Crippen LogP contribution in [0.3, 0.4) is 0 Å². The van der Waals surface area contributed by atoms with Gasteiger partial charge in [-0.1, -0.05) is 41.9 Å². The number of hydrogen-bond donors (Lipinski definition) is 3. The van der Waals surface area contributed by atoms with Crippen LogP contribution in [0, 0.1) is 0 Å². The first kappa shape index (κ1) is 19.0. The first-order valence-electron chi connectivity index (χ1n) is 7.78. The zero-order chi connectivity index (χ0) is 19.6. The molecule has 3 rings (SSSR count). The molecule has 0 aliphatic carbocycles. The summed E-state index contributed by atoms with van der Waals surface area (Å²) in [6.45, 7) is -0.314. The minimum absolute atomic E-state index is 0.127. The second-order valence-corrected chi connectivity index (χ2v) is 6.13. The monoisotopic (exact) mass is 398 g/mol.